The number of urea groups is 1. The molecule has 2 N–H and O–H groups in total. The summed E-state index contributed by atoms with van der Waals surface area (Å²) in [5.74, 6) is 0.0328. The van der Waals surface area contributed by atoms with Crippen LogP contribution in [-0.2, 0) is 6.54 Å². The molecule has 2 fully saturated rings. The summed E-state index contributed by atoms with van der Waals surface area (Å²) < 4.78 is 21.7. The van der Waals surface area contributed by atoms with Crippen molar-refractivity contribution in [1.29, 1.82) is 0 Å². The highest BCUT2D eigenvalue weighted by Gasteiger charge is 2.28. The number of carbonyl (C=O) groups excluding carboxylic acids is 1. The fourth-order valence-corrected chi connectivity index (χ4v) is 6.74. The molecule has 0 radical (unpaired) electrons. The lowest BCUT2D eigenvalue weighted by Gasteiger charge is -2.44. The molecule has 10 heteroatoms. The van der Waals surface area contributed by atoms with Crippen molar-refractivity contribution in [1.82, 2.24) is 25.1 Å². The van der Waals surface area contributed by atoms with Gasteiger partial charge in [0.15, 0.2) is 11.6 Å². The number of aromatic nitrogens is 2. The van der Waals surface area contributed by atoms with Crippen molar-refractivity contribution in [2.75, 3.05) is 25.0 Å². The van der Waals surface area contributed by atoms with Gasteiger partial charge in [0, 0.05) is 68.0 Å². The molecule has 1 saturated heterocycles. The van der Waals surface area contributed by atoms with Crippen molar-refractivity contribution in [2.45, 2.75) is 64.7 Å². The smallest absolute Gasteiger partial charge is 0.319 e. The van der Waals surface area contributed by atoms with E-state index < -0.39 is 5.82 Å². The van der Waals surface area contributed by atoms with Crippen LogP contribution in [0, 0.1) is 5.82 Å². The lowest BCUT2D eigenvalue weighted by molar-refractivity contribution is 0.0351. The molecule has 1 aliphatic carbocycles. The Morgan fingerprint density at radius 1 is 1.07 bits per heavy atom. The molecule has 4 aromatic rings. The Morgan fingerprint density at radius 3 is 2.57 bits per heavy atom. The summed E-state index contributed by atoms with van der Waals surface area (Å²) in [5.41, 5.74) is 3.20. The molecule has 8 nitrogen and oxygen atoms in total. The van der Waals surface area contributed by atoms with Crippen molar-refractivity contribution in [3.63, 3.8) is 0 Å². The molecular formula is C32H37FN6O2S. The van der Waals surface area contributed by atoms with Crippen molar-refractivity contribution in [3.8, 4) is 22.1 Å². The molecule has 42 heavy (non-hydrogen) atoms. The van der Waals surface area contributed by atoms with Gasteiger partial charge in [0.05, 0.1) is 20.8 Å². The van der Waals surface area contributed by atoms with E-state index >= 15 is 0 Å². The largest absolute Gasteiger partial charge is 0.453 e. The van der Waals surface area contributed by atoms with Gasteiger partial charge in [-0.1, -0.05) is 13.0 Å². The van der Waals surface area contributed by atoms with Crippen LogP contribution < -0.4 is 15.4 Å². The Balaban J connectivity index is 1.13. The van der Waals surface area contributed by atoms with Crippen molar-refractivity contribution in [3.05, 3.63) is 66.2 Å². The molecule has 0 bridgehead atoms. The van der Waals surface area contributed by atoms with Crippen LogP contribution in [-0.4, -0.2) is 63.6 Å². The number of amides is 2. The minimum absolute atomic E-state index is 0.0762. The van der Waals surface area contributed by atoms with E-state index in [-0.39, 0.29) is 17.8 Å². The molecular weight excluding hydrogens is 551 g/mol. The van der Waals surface area contributed by atoms with Crippen LogP contribution in [0.3, 0.4) is 0 Å². The monoisotopic (exact) mass is 588 g/mol. The van der Waals surface area contributed by atoms with E-state index in [0.29, 0.717) is 23.5 Å². The third-order valence-corrected chi connectivity index (χ3v) is 9.00. The Kier molecular flexibility index (Phi) is 8.37. The van der Waals surface area contributed by atoms with Crippen LogP contribution in [0.25, 0.3) is 20.8 Å². The number of rotatable bonds is 9. The van der Waals surface area contributed by atoms with Gasteiger partial charge in [0.25, 0.3) is 0 Å². The number of nitrogens with one attached hydrogen (secondary N) is 2. The van der Waals surface area contributed by atoms with Gasteiger partial charge in [-0.2, -0.15) is 0 Å². The molecule has 2 atom stereocenters. The first-order valence-electron chi connectivity index (χ1n) is 14.7. The van der Waals surface area contributed by atoms with E-state index in [9.17, 15) is 9.18 Å². The zero-order valence-electron chi connectivity index (χ0n) is 24.3. The Bertz CT molecular complexity index is 1540. The Labute approximate surface area is 249 Å². The molecule has 2 aliphatic rings. The highest BCUT2D eigenvalue weighted by molar-refractivity contribution is 7.22. The number of pyridine rings is 2. The van der Waals surface area contributed by atoms with Crippen LogP contribution in [0.15, 0.2) is 54.9 Å². The molecule has 1 saturated carbocycles. The van der Waals surface area contributed by atoms with Crippen molar-refractivity contribution < 1.29 is 13.9 Å². The summed E-state index contributed by atoms with van der Waals surface area (Å²) in [6.45, 7) is 11.1. The maximum Gasteiger partial charge on any atom is 0.319 e. The number of halogens is 1. The van der Waals surface area contributed by atoms with Crippen LogP contribution in [0.2, 0.25) is 0 Å². The summed E-state index contributed by atoms with van der Waals surface area (Å²) in [6, 6.07) is 13.3. The summed E-state index contributed by atoms with van der Waals surface area (Å²) in [7, 11) is 0. The molecule has 4 heterocycles. The van der Waals surface area contributed by atoms with Gasteiger partial charge in [-0.15, -0.1) is 11.3 Å². The van der Waals surface area contributed by atoms with E-state index in [2.05, 4.69) is 58.3 Å². The van der Waals surface area contributed by atoms with Crippen molar-refractivity contribution in [2.24, 2.45) is 0 Å². The fourth-order valence-electron chi connectivity index (χ4n) is 5.70. The number of carbonyl (C=O) groups is 1. The van der Waals surface area contributed by atoms with Crippen LogP contribution in [0.1, 0.15) is 45.6 Å². The predicted octanol–water partition coefficient (Wildman–Crippen LogP) is 6.88. The number of hydrogen-bond donors (Lipinski definition) is 2. The van der Waals surface area contributed by atoms with Crippen molar-refractivity contribution >= 4 is 33.3 Å². The molecule has 2 unspecified atom stereocenters. The van der Waals surface area contributed by atoms with Crippen LogP contribution in [0.5, 0.6) is 11.5 Å². The van der Waals surface area contributed by atoms with Crippen LogP contribution in [0.4, 0.5) is 14.9 Å². The van der Waals surface area contributed by atoms with E-state index in [0.717, 1.165) is 59.8 Å². The maximum absolute atomic E-state index is 14.9. The third kappa shape index (κ3) is 6.56. The first-order chi connectivity index (χ1) is 20.4. The normalized spacial score (nSPS) is 19.6. The Hall–Kier alpha value is -3.60. The quantitative estimate of drug-likeness (QED) is 0.222. The van der Waals surface area contributed by atoms with Gasteiger partial charge in [0.2, 0.25) is 0 Å². The number of fused-ring (bicyclic) bond motifs is 1. The number of ether oxygens (including phenoxy) is 1. The predicted molar refractivity (Wildman–Crippen MR) is 166 cm³/mol. The minimum Gasteiger partial charge on any atom is -0.453 e. The molecule has 220 valence electrons. The number of thiophene rings is 1. The van der Waals surface area contributed by atoms with Gasteiger partial charge in [0.1, 0.15) is 5.75 Å². The van der Waals surface area contributed by atoms with Gasteiger partial charge in [-0.3, -0.25) is 19.8 Å². The summed E-state index contributed by atoms with van der Waals surface area (Å²) in [5, 5.41) is 5.49. The summed E-state index contributed by atoms with van der Waals surface area (Å²) in [6.07, 6.45) is 6.77. The number of hydrogen-bond acceptors (Lipinski definition) is 7. The topological polar surface area (TPSA) is 82.6 Å². The maximum atomic E-state index is 14.9. The lowest BCUT2D eigenvalue weighted by Crippen LogP contribution is -2.56. The second-order valence-electron chi connectivity index (χ2n) is 11.4. The second-order valence-corrected chi connectivity index (χ2v) is 12.5. The van der Waals surface area contributed by atoms with Gasteiger partial charge in [-0.05, 0) is 69.5 Å². The van der Waals surface area contributed by atoms with E-state index in [4.69, 9.17) is 9.72 Å². The number of benzene rings is 1. The summed E-state index contributed by atoms with van der Waals surface area (Å²) in [4.78, 5) is 27.4. The van der Waals surface area contributed by atoms with Gasteiger partial charge in [-0.25, -0.2) is 9.18 Å². The zero-order chi connectivity index (χ0) is 29.2. The fraction of sp³-hybridized carbons (Fsp3) is 0.406. The van der Waals surface area contributed by atoms with E-state index in [1.54, 1.807) is 18.3 Å². The van der Waals surface area contributed by atoms with E-state index in [1.165, 1.54) is 35.5 Å². The SMILES string of the molecule is CCCN1C(C)CN(Cc2ccc(-c3cc4nccc(Oc5ccc(NC(=O)NC6CC6)cc5F)c4s3)nc2)CC1C. The molecule has 3 aromatic heterocycles. The zero-order valence-corrected chi connectivity index (χ0v) is 25.1. The average molecular weight is 589 g/mol. The van der Waals surface area contributed by atoms with Gasteiger partial charge < -0.3 is 15.4 Å². The Morgan fingerprint density at radius 2 is 1.88 bits per heavy atom. The highest BCUT2D eigenvalue weighted by Crippen LogP contribution is 2.39. The first kappa shape index (κ1) is 28.5. The first-order valence-corrected chi connectivity index (χ1v) is 15.5. The van der Waals surface area contributed by atoms with Gasteiger partial charge >= 0.3 is 6.03 Å². The molecule has 6 rings (SSSR count). The average Bonchev–Trinajstić information content (AvgIpc) is 3.66. The third-order valence-electron chi connectivity index (χ3n) is 7.84. The summed E-state index contributed by atoms with van der Waals surface area (Å²) >= 11 is 1.52. The van der Waals surface area contributed by atoms with E-state index in [1.807, 2.05) is 12.3 Å². The van der Waals surface area contributed by atoms with Crippen LogP contribution >= 0.6 is 11.3 Å². The second kappa shape index (κ2) is 12.3. The number of piperazine rings is 1. The molecule has 1 aromatic carbocycles. The number of nitrogens with zero attached hydrogens (tertiary/aromatic N) is 4. The lowest BCUT2D eigenvalue weighted by atomic mass is 10.1. The molecule has 1 aliphatic heterocycles. The standard InChI is InChI=1S/C32H37FN6O2S/c1-4-13-39-20(2)17-38(18-21(39)3)19-22-5-9-26(35-16-22)30-15-27-31(42-30)29(11-12-34-27)41-28-10-8-24(14-25(28)33)37-32(40)36-23-6-7-23/h5,8-12,14-16,20-21,23H,4,6-7,13,17-19H2,1-3H3,(H2,36,37,40). The minimum atomic E-state index is -0.561. The molecule has 2 amide bonds. The number of anilines is 1. The molecule has 0 spiro atoms. The highest BCUT2D eigenvalue weighted by atomic mass is 32.1.